The maximum atomic E-state index is 13.1. The smallest absolute Gasteiger partial charge is 0.248 e. The van der Waals surface area contributed by atoms with Crippen LogP contribution in [0.15, 0.2) is 57.4 Å². The minimum Gasteiger partial charge on any atom is -0.419 e. The number of rotatable bonds is 4. The number of hydrogen-bond acceptors (Lipinski definition) is 4. The van der Waals surface area contributed by atoms with Crippen LogP contribution in [-0.2, 0) is 6.54 Å². The van der Waals surface area contributed by atoms with E-state index in [4.69, 9.17) is 4.42 Å². The maximum absolute atomic E-state index is 13.1. The summed E-state index contributed by atoms with van der Waals surface area (Å²) in [5.41, 5.74) is 1.50. The third kappa shape index (κ3) is 3.28. The molecular weight excluding hydrogens is 337 g/mol. The molecule has 0 fully saturated rings. The number of hydrogen-bond donors (Lipinski definition) is 1. The largest absolute Gasteiger partial charge is 0.419 e. The van der Waals surface area contributed by atoms with E-state index in [1.165, 1.54) is 12.1 Å². The standard InChI is InChI=1S/C15H11BrFN3O/c16-13-7-2-1-6-12(13)15-20-19-14(21-15)9-18-11-5-3-4-10(17)8-11/h1-8,18H,9H2. The summed E-state index contributed by atoms with van der Waals surface area (Å²) in [6.45, 7) is 0.334. The molecule has 0 saturated heterocycles. The second-order valence-corrected chi connectivity index (χ2v) is 5.20. The third-order valence-electron chi connectivity index (χ3n) is 2.84. The summed E-state index contributed by atoms with van der Waals surface area (Å²) >= 11 is 3.44. The SMILES string of the molecule is Fc1cccc(NCc2nnc(-c3ccccc3Br)o2)c1. The molecule has 0 spiro atoms. The fourth-order valence-corrected chi connectivity index (χ4v) is 2.30. The highest BCUT2D eigenvalue weighted by Gasteiger charge is 2.10. The van der Waals surface area contributed by atoms with Gasteiger partial charge in [0.05, 0.1) is 12.1 Å². The van der Waals surface area contributed by atoms with Gasteiger partial charge in [-0.3, -0.25) is 0 Å². The minimum absolute atomic E-state index is 0.292. The number of nitrogens with one attached hydrogen (secondary N) is 1. The van der Waals surface area contributed by atoms with Crippen LogP contribution >= 0.6 is 15.9 Å². The Bertz CT molecular complexity index is 760. The van der Waals surface area contributed by atoms with Gasteiger partial charge in [0.15, 0.2) is 0 Å². The molecule has 6 heteroatoms. The highest BCUT2D eigenvalue weighted by atomic mass is 79.9. The van der Waals surface area contributed by atoms with Crippen LogP contribution in [-0.4, -0.2) is 10.2 Å². The monoisotopic (exact) mass is 347 g/mol. The first kappa shape index (κ1) is 13.8. The van der Waals surface area contributed by atoms with Crippen molar-refractivity contribution in [3.05, 3.63) is 64.7 Å². The molecule has 1 heterocycles. The molecule has 21 heavy (non-hydrogen) atoms. The Morgan fingerprint density at radius 2 is 1.95 bits per heavy atom. The summed E-state index contributed by atoms with van der Waals surface area (Å²) in [6.07, 6.45) is 0. The summed E-state index contributed by atoms with van der Waals surface area (Å²) in [7, 11) is 0. The number of halogens is 2. The highest BCUT2D eigenvalue weighted by molar-refractivity contribution is 9.10. The third-order valence-corrected chi connectivity index (χ3v) is 3.53. The second kappa shape index (κ2) is 6.05. The van der Waals surface area contributed by atoms with Crippen LogP contribution in [0.4, 0.5) is 10.1 Å². The van der Waals surface area contributed by atoms with Gasteiger partial charge in [0.25, 0.3) is 0 Å². The van der Waals surface area contributed by atoms with Crippen LogP contribution in [0, 0.1) is 5.82 Å². The topological polar surface area (TPSA) is 51.0 Å². The molecular formula is C15H11BrFN3O. The van der Waals surface area contributed by atoms with Gasteiger partial charge in [0.1, 0.15) is 5.82 Å². The molecule has 0 amide bonds. The molecule has 0 radical (unpaired) electrons. The van der Waals surface area contributed by atoms with Crippen LogP contribution in [0.1, 0.15) is 5.89 Å². The van der Waals surface area contributed by atoms with Gasteiger partial charge in [0.2, 0.25) is 11.8 Å². The Labute approximate surface area is 129 Å². The van der Waals surface area contributed by atoms with E-state index >= 15 is 0 Å². The van der Waals surface area contributed by atoms with Gasteiger partial charge in [-0.2, -0.15) is 0 Å². The van der Waals surface area contributed by atoms with E-state index < -0.39 is 0 Å². The first-order chi connectivity index (χ1) is 10.2. The Morgan fingerprint density at radius 1 is 1.10 bits per heavy atom. The Morgan fingerprint density at radius 3 is 2.76 bits per heavy atom. The van der Waals surface area contributed by atoms with Crippen molar-refractivity contribution in [3.63, 3.8) is 0 Å². The molecule has 3 aromatic rings. The summed E-state index contributed by atoms with van der Waals surface area (Å²) in [4.78, 5) is 0. The number of nitrogens with zero attached hydrogens (tertiary/aromatic N) is 2. The average molecular weight is 348 g/mol. The molecule has 4 nitrogen and oxygen atoms in total. The summed E-state index contributed by atoms with van der Waals surface area (Å²) in [6, 6.07) is 13.8. The first-order valence-electron chi connectivity index (χ1n) is 6.29. The predicted octanol–water partition coefficient (Wildman–Crippen LogP) is 4.25. The van der Waals surface area contributed by atoms with Crippen molar-refractivity contribution in [1.82, 2.24) is 10.2 Å². The zero-order chi connectivity index (χ0) is 14.7. The lowest BCUT2D eigenvalue weighted by Crippen LogP contribution is -1.99. The Kier molecular flexibility index (Phi) is 3.96. The quantitative estimate of drug-likeness (QED) is 0.766. The Balaban J connectivity index is 1.72. The van der Waals surface area contributed by atoms with E-state index in [1.807, 2.05) is 24.3 Å². The van der Waals surface area contributed by atoms with E-state index in [2.05, 4.69) is 31.4 Å². The minimum atomic E-state index is -0.292. The lowest BCUT2D eigenvalue weighted by Gasteiger charge is -2.02. The lowest BCUT2D eigenvalue weighted by atomic mass is 10.2. The first-order valence-corrected chi connectivity index (χ1v) is 7.08. The van der Waals surface area contributed by atoms with E-state index in [0.717, 1.165) is 10.0 Å². The molecule has 0 saturated carbocycles. The maximum Gasteiger partial charge on any atom is 0.248 e. The van der Waals surface area contributed by atoms with Gasteiger partial charge in [-0.15, -0.1) is 10.2 Å². The Hall–Kier alpha value is -2.21. The van der Waals surface area contributed by atoms with E-state index in [1.54, 1.807) is 12.1 Å². The zero-order valence-electron chi connectivity index (χ0n) is 10.9. The van der Waals surface area contributed by atoms with Crippen molar-refractivity contribution < 1.29 is 8.81 Å². The summed E-state index contributed by atoms with van der Waals surface area (Å²) in [5, 5.41) is 11.0. The lowest BCUT2D eigenvalue weighted by molar-refractivity contribution is 0.514. The van der Waals surface area contributed by atoms with Crippen LogP contribution in [0.3, 0.4) is 0 Å². The molecule has 1 N–H and O–H groups in total. The van der Waals surface area contributed by atoms with Gasteiger partial charge >= 0.3 is 0 Å². The van der Waals surface area contributed by atoms with Crippen LogP contribution in [0.5, 0.6) is 0 Å². The van der Waals surface area contributed by atoms with Gasteiger partial charge in [-0.1, -0.05) is 18.2 Å². The molecule has 3 rings (SSSR count). The van der Waals surface area contributed by atoms with Gasteiger partial charge in [0, 0.05) is 10.2 Å². The number of aromatic nitrogens is 2. The summed E-state index contributed by atoms with van der Waals surface area (Å²) in [5.74, 6) is 0.586. The molecule has 1 aromatic heterocycles. The van der Waals surface area contributed by atoms with Crippen molar-refractivity contribution >= 4 is 21.6 Å². The molecule has 0 aliphatic heterocycles. The zero-order valence-corrected chi connectivity index (χ0v) is 12.5. The van der Waals surface area contributed by atoms with Gasteiger partial charge in [-0.25, -0.2) is 4.39 Å². The fraction of sp³-hybridized carbons (Fsp3) is 0.0667. The molecule has 2 aromatic carbocycles. The molecule has 0 bridgehead atoms. The van der Waals surface area contributed by atoms with Crippen molar-refractivity contribution in [2.75, 3.05) is 5.32 Å². The fourth-order valence-electron chi connectivity index (χ4n) is 1.84. The molecule has 0 aliphatic carbocycles. The second-order valence-electron chi connectivity index (χ2n) is 4.34. The van der Waals surface area contributed by atoms with Crippen LogP contribution in [0.25, 0.3) is 11.5 Å². The van der Waals surface area contributed by atoms with Crippen molar-refractivity contribution in [1.29, 1.82) is 0 Å². The van der Waals surface area contributed by atoms with E-state index in [-0.39, 0.29) is 5.82 Å². The van der Waals surface area contributed by atoms with Crippen LogP contribution < -0.4 is 5.32 Å². The van der Waals surface area contributed by atoms with E-state index in [9.17, 15) is 4.39 Å². The summed E-state index contributed by atoms with van der Waals surface area (Å²) < 4.78 is 19.5. The predicted molar refractivity (Wildman–Crippen MR) is 81.2 cm³/mol. The van der Waals surface area contributed by atoms with Gasteiger partial charge in [-0.05, 0) is 46.3 Å². The van der Waals surface area contributed by atoms with Gasteiger partial charge < -0.3 is 9.73 Å². The normalized spacial score (nSPS) is 10.6. The molecule has 0 atom stereocenters. The number of anilines is 1. The highest BCUT2D eigenvalue weighted by Crippen LogP contribution is 2.26. The van der Waals surface area contributed by atoms with Crippen molar-refractivity contribution in [3.8, 4) is 11.5 Å². The van der Waals surface area contributed by atoms with Crippen molar-refractivity contribution in [2.45, 2.75) is 6.54 Å². The molecule has 0 aliphatic rings. The van der Waals surface area contributed by atoms with Crippen LogP contribution in [0.2, 0.25) is 0 Å². The van der Waals surface area contributed by atoms with E-state index in [0.29, 0.717) is 24.0 Å². The average Bonchev–Trinajstić information content (AvgIpc) is 2.94. The van der Waals surface area contributed by atoms with Crippen molar-refractivity contribution in [2.24, 2.45) is 0 Å². The number of benzene rings is 2. The molecule has 106 valence electrons. The molecule has 0 unspecified atom stereocenters.